The summed E-state index contributed by atoms with van der Waals surface area (Å²) in [6, 6.07) is 0. The molecule has 0 aromatic heterocycles. The molecule has 0 aromatic carbocycles. The van der Waals surface area contributed by atoms with Gasteiger partial charge in [-0.1, -0.05) is 0 Å². The zero-order valence-electron chi connectivity index (χ0n) is 3.46. The van der Waals surface area contributed by atoms with Gasteiger partial charge in [0.1, 0.15) is 0 Å². The van der Waals surface area contributed by atoms with Crippen molar-refractivity contribution in [2.45, 2.75) is 0 Å². The third kappa shape index (κ3) is 0.899. The minimum atomic E-state index is 1.02. The summed E-state index contributed by atoms with van der Waals surface area (Å²) in [4.78, 5) is 4.00. The Morgan fingerprint density at radius 2 is 2.67 bits per heavy atom. The molecular formula is C3H5InN2. The summed E-state index contributed by atoms with van der Waals surface area (Å²) in [6.45, 7) is 2.17. The predicted molar refractivity (Wildman–Crippen MR) is 25.8 cm³/mol. The van der Waals surface area contributed by atoms with Crippen LogP contribution in [-0.4, -0.2) is 47.0 Å². The second-order valence-electron chi connectivity index (χ2n) is 1.26. The molecule has 0 atom stereocenters. The fraction of sp³-hybridized carbons (Fsp3) is 0.667. The van der Waals surface area contributed by atoms with Crippen molar-refractivity contribution >= 4 is 31.0 Å². The first kappa shape index (κ1) is 4.50. The SMILES string of the molecule is [In][N]1C=NCC1. The van der Waals surface area contributed by atoms with Crippen LogP contribution in [0.3, 0.4) is 0 Å². The number of hydrogen-bond acceptors (Lipinski definition) is 2. The van der Waals surface area contributed by atoms with E-state index < -0.39 is 0 Å². The Morgan fingerprint density at radius 3 is 2.83 bits per heavy atom. The maximum absolute atomic E-state index is 4.00. The van der Waals surface area contributed by atoms with Crippen molar-refractivity contribution in [3.05, 3.63) is 0 Å². The summed E-state index contributed by atoms with van der Waals surface area (Å²) in [5, 5.41) is 0. The molecule has 1 aliphatic heterocycles. The van der Waals surface area contributed by atoms with Crippen LogP contribution in [0, 0.1) is 0 Å². The van der Waals surface area contributed by atoms with E-state index in [1.165, 1.54) is 24.7 Å². The van der Waals surface area contributed by atoms with Crippen LogP contribution < -0.4 is 0 Å². The van der Waals surface area contributed by atoms with Gasteiger partial charge in [-0.25, -0.2) is 0 Å². The van der Waals surface area contributed by atoms with Crippen molar-refractivity contribution < 1.29 is 0 Å². The van der Waals surface area contributed by atoms with E-state index in [9.17, 15) is 0 Å². The normalized spacial score (nSPS) is 19.7. The topological polar surface area (TPSA) is 15.6 Å². The molecule has 0 aliphatic carbocycles. The zero-order chi connectivity index (χ0) is 4.41. The van der Waals surface area contributed by atoms with E-state index in [-0.39, 0.29) is 0 Å². The molecule has 2 radical (unpaired) electrons. The van der Waals surface area contributed by atoms with Gasteiger partial charge in [0.2, 0.25) is 0 Å². The number of rotatable bonds is 0. The maximum atomic E-state index is 4.00. The van der Waals surface area contributed by atoms with Crippen molar-refractivity contribution in [2.24, 2.45) is 4.99 Å². The van der Waals surface area contributed by atoms with E-state index in [0.717, 1.165) is 13.1 Å². The molecule has 0 fully saturated rings. The van der Waals surface area contributed by atoms with Gasteiger partial charge in [-0.15, -0.1) is 0 Å². The van der Waals surface area contributed by atoms with E-state index in [4.69, 9.17) is 0 Å². The molecule has 2 nitrogen and oxygen atoms in total. The molecule has 1 aliphatic rings. The van der Waals surface area contributed by atoms with Crippen molar-refractivity contribution in [3.8, 4) is 0 Å². The molecule has 0 N–H and O–H groups in total. The van der Waals surface area contributed by atoms with Gasteiger partial charge in [0, 0.05) is 0 Å². The van der Waals surface area contributed by atoms with E-state index in [0.29, 0.717) is 0 Å². The van der Waals surface area contributed by atoms with Crippen LogP contribution in [-0.2, 0) is 0 Å². The zero-order valence-corrected chi connectivity index (χ0v) is 6.76. The molecule has 0 spiro atoms. The molecule has 6 heavy (non-hydrogen) atoms. The van der Waals surface area contributed by atoms with Crippen LogP contribution in [0.15, 0.2) is 4.99 Å². The average molecular weight is 184 g/mol. The number of nitrogens with zero attached hydrogens (tertiary/aromatic N) is 2. The van der Waals surface area contributed by atoms with E-state index in [2.05, 4.69) is 7.88 Å². The summed E-state index contributed by atoms with van der Waals surface area (Å²) in [6.07, 6.45) is 1.92. The third-order valence-electron chi connectivity index (χ3n) is 0.717. The van der Waals surface area contributed by atoms with Gasteiger partial charge in [-0.05, 0) is 0 Å². The molecular weight excluding hydrogens is 179 g/mol. The molecule has 3 heteroatoms. The van der Waals surface area contributed by atoms with Gasteiger partial charge in [0.15, 0.2) is 0 Å². The quantitative estimate of drug-likeness (QED) is 0.491. The van der Waals surface area contributed by atoms with Gasteiger partial charge < -0.3 is 0 Å². The van der Waals surface area contributed by atoms with Crippen molar-refractivity contribution in [2.75, 3.05) is 13.1 Å². The van der Waals surface area contributed by atoms with Gasteiger partial charge in [0.25, 0.3) is 0 Å². The molecule has 30 valence electrons. The molecule has 0 aromatic rings. The molecule has 0 amide bonds. The summed E-state index contributed by atoms with van der Waals surface area (Å²) >= 11 is 1.19. The average Bonchev–Trinajstić information content (AvgIpc) is 1.86. The summed E-state index contributed by atoms with van der Waals surface area (Å²) < 4.78 is 2.20. The van der Waals surface area contributed by atoms with Crippen molar-refractivity contribution in [1.29, 1.82) is 0 Å². The van der Waals surface area contributed by atoms with E-state index >= 15 is 0 Å². The Labute approximate surface area is 52.2 Å². The monoisotopic (exact) mass is 184 g/mol. The fourth-order valence-corrected chi connectivity index (χ4v) is 0.992. The number of aliphatic imine (C=N–C) groups is 1. The van der Waals surface area contributed by atoms with Crippen LogP contribution in [0.1, 0.15) is 0 Å². The summed E-state index contributed by atoms with van der Waals surface area (Å²) in [5.41, 5.74) is 0. The van der Waals surface area contributed by atoms with Gasteiger partial charge in [-0.2, -0.15) is 0 Å². The van der Waals surface area contributed by atoms with Crippen LogP contribution in [0.2, 0.25) is 0 Å². The van der Waals surface area contributed by atoms with E-state index in [1.54, 1.807) is 0 Å². The van der Waals surface area contributed by atoms with Gasteiger partial charge in [-0.3, -0.25) is 0 Å². The van der Waals surface area contributed by atoms with Crippen LogP contribution in [0.5, 0.6) is 0 Å². The molecule has 1 rings (SSSR count). The Bertz CT molecular complexity index is 71.2. The first-order chi connectivity index (χ1) is 2.89. The first-order valence-electron chi connectivity index (χ1n) is 1.91. The molecule has 0 unspecified atom stereocenters. The second kappa shape index (κ2) is 1.87. The first-order valence-corrected chi connectivity index (χ1v) is 3.38. The van der Waals surface area contributed by atoms with Gasteiger partial charge in [0.05, 0.1) is 0 Å². The predicted octanol–water partition coefficient (Wildman–Crippen LogP) is -0.586. The summed E-state index contributed by atoms with van der Waals surface area (Å²) in [5.74, 6) is 0. The second-order valence-corrected chi connectivity index (χ2v) is 3.15. The van der Waals surface area contributed by atoms with Crippen LogP contribution >= 0.6 is 0 Å². The molecule has 1 heterocycles. The Morgan fingerprint density at radius 1 is 1.83 bits per heavy atom. The Balaban J connectivity index is 2.38. The van der Waals surface area contributed by atoms with Crippen LogP contribution in [0.4, 0.5) is 0 Å². The number of hydrogen-bond donors (Lipinski definition) is 0. The summed E-state index contributed by atoms with van der Waals surface area (Å²) in [7, 11) is 0. The minimum absolute atomic E-state index is 1.02. The molecule has 0 bridgehead atoms. The molecule has 0 saturated heterocycles. The Hall–Kier alpha value is 0.340. The standard InChI is InChI=1S/C3H5N2.In/c1-2-5-3-4-1;/h3H,1-2H2;/q-1;+1. The fourth-order valence-electron chi connectivity index (χ4n) is 0.394. The van der Waals surface area contributed by atoms with Crippen LogP contribution in [0.25, 0.3) is 0 Å². The van der Waals surface area contributed by atoms with Crippen molar-refractivity contribution in [3.63, 3.8) is 0 Å². The van der Waals surface area contributed by atoms with Gasteiger partial charge >= 0.3 is 52.0 Å². The molecule has 0 saturated carbocycles. The third-order valence-corrected chi connectivity index (χ3v) is 1.83. The van der Waals surface area contributed by atoms with E-state index in [1.807, 2.05) is 6.34 Å². The van der Waals surface area contributed by atoms with Crippen molar-refractivity contribution in [1.82, 2.24) is 2.89 Å². The Kier molecular flexibility index (Phi) is 1.40.